The number of nitrogens with two attached hydrogens (primary N) is 1. The molecule has 2 aliphatic rings. The standard InChI is InChI=1S/C26H28N6/c1-28-25-24-20-3-2-4-22(20)32(26(24)30-15-29-25)19-11-8-16(13-19)5-6-17-7-9-18-10-12-23(27)31-21(18)14-17/h5-7,9-10,12,14-16,19H,2-4,8,11,13H2,1H3,(H2,27,31)(H,28,29,30)/b6-5+. The summed E-state index contributed by atoms with van der Waals surface area (Å²) in [6.07, 6.45) is 13.4. The van der Waals surface area contributed by atoms with Crippen LogP contribution < -0.4 is 11.1 Å². The van der Waals surface area contributed by atoms with Gasteiger partial charge in [-0.05, 0) is 73.8 Å². The van der Waals surface area contributed by atoms with Crippen molar-refractivity contribution in [2.75, 3.05) is 18.1 Å². The Morgan fingerprint density at radius 3 is 2.94 bits per heavy atom. The summed E-state index contributed by atoms with van der Waals surface area (Å²) in [5.74, 6) is 2.10. The summed E-state index contributed by atoms with van der Waals surface area (Å²) in [7, 11) is 1.95. The highest BCUT2D eigenvalue weighted by Crippen LogP contribution is 2.43. The second kappa shape index (κ2) is 7.62. The first-order valence-electron chi connectivity index (χ1n) is 11.6. The van der Waals surface area contributed by atoms with Gasteiger partial charge in [-0.2, -0.15) is 0 Å². The van der Waals surface area contributed by atoms with Gasteiger partial charge < -0.3 is 15.6 Å². The van der Waals surface area contributed by atoms with Crippen molar-refractivity contribution in [1.82, 2.24) is 19.5 Å². The lowest BCUT2D eigenvalue weighted by molar-refractivity contribution is 0.503. The lowest BCUT2D eigenvalue weighted by atomic mass is 10.0. The fraction of sp³-hybridized carbons (Fsp3) is 0.346. The number of pyridine rings is 1. The summed E-state index contributed by atoms with van der Waals surface area (Å²) < 4.78 is 2.55. The van der Waals surface area contributed by atoms with E-state index in [2.05, 4.69) is 50.2 Å². The highest BCUT2D eigenvalue weighted by Gasteiger charge is 2.32. The summed E-state index contributed by atoms with van der Waals surface area (Å²) in [5, 5.41) is 5.64. The van der Waals surface area contributed by atoms with Gasteiger partial charge in [0.1, 0.15) is 23.6 Å². The van der Waals surface area contributed by atoms with Crippen LogP contribution in [0.15, 0.2) is 42.7 Å². The molecule has 4 aromatic rings. The molecule has 3 aromatic heterocycles. The van der Waals surface area contributed by atoms with Gasteiger partial charge in [0.05, 0.1) is 10.9 Å². The molecule has 1 aromatic carbocycles. The summed E-state index contributed by atoms with van der Waals surface area (Å²) in [5.41, 5.74) is 12.1. The fourth-order valence-corrected chi connectivity index (χ4v) is 5.71. The largest absolute Gasteiger partial charge is 0.384 e. The monoisotopic (exact) mass is 424 g/mol. The minimum Gasteiger partial charge on any atom is -0.384 e. The minimum atomic E-state index is 0.506. The van der Waals surface area contributed by atoms with Gasteiger partial charge in [0.15, 0.2) is 0 Å². The number of hydrogen-bond donors (Lipinski definition) is 2. The zero-order chi connectivity index (χ0) is 21.7. The van der Waals surface area contributed by atoms with Gasteiger partial charge in [-0.25, -0.2) is 15.0 Å². The Bertz CT molecular complexity index is 1350. The highest BCUT2D eigenvalue weighted by atomic mass is 15.1. The number of nitrogens with one attached hydrogen (secondary N) is 1. The number of rotatable bonds is 4. The maximum Gasteiger partial charge on any atom is 0.146 e. The van der Waals surface area contributed by atoms with Crippen LogP contribution in [0.1, 0.15) is 48.5 Å². The predicted molar refractivity (Wildman–Crippen MR) is 131 cm³/mol. The molecule has 0 bridgehead atoms. The van der Waals surface area contributed by atoms with E-state index in [1.54, 1.807) is 6.33 Å². The number of nitrogen functional groups attached to an aromatic ring is 1. The number of aryl methyl sites for hydroxylation is 1. The number of nitrogens with zero attached hydrogens (tertiary/aromatic N) is 4. The van der Waals surface area contributed by atoms with E-state index in [1.807, 2.05) is 19.2 Å². The Kier molecular flexibility index (Phi) is 4.59. The first kappa shape index (κ1) is 19.3. The van der Waals surface area contributed by atoms with Crippen LogP contribution in [0.25, 0.3) is 28.0 Å². The van der Waals surface area contributed by atoms with Crippen LogP contribution in [-0.4, -0.2) is 26.6 Å². The van der Waals surface area contributed by atoms with Crippen molar-refractivity contribution in [3.63, 3.8) is 0 Å². The Balaban J connectivity index is 1.27. The smallest absolute Gasteiger partial charge is 0.146 e. The molecule has 162 valence electrons. The van der Waals surface area contributed by atoms with Crippen LogP contribution in [0.2, 0.25) is 0 Å². The number of fused-ring (bicyclic) bond motifs is 4. The minimum absolute atomic E-state index is 0.506. The molecule has 6 heteroatoms. The summed E-state index contributed by atoms with van der Waals surface area (Å²) in [4.78, 5) is 13.7. The molecule has 2 aliphatic carbocycles. The van der Waals surface area contributed by atoms with Gasteiger partial charge in [0.25, 0.3) is 0 Å². The molecule has 2 atom stereocenters. The maximum atomic E-state index is 5.86. The molecular formula is C26H28N6. The first-order valence-corrected chi connectivity index (χ1v) is 11.6. The topological polar surface area (TPSA) is 81.7 Å². The molecule has 2 unspecified atom stereocenters. The van der Waals surface area contributed by atoms with Crippen molar-refractivity contribution in [2.45, 2.75) is 44.6 Å². The van der Waals surface area contributed by atoms with Crippen molar-refractivity contribution in [3.05, 3.63) is 59.6 Å². The molecule has 0 saturated heterocycles. The number of hydrogen-bond acceptors (Lipinski definition) is 5. The van der Waals surface area contributed by atoms with E-state index in [-0.39, 0.29) is 0 Å². The summed E-state index contributed by atoms with van der Waals surface area (Å²) >= 11 is 0. The second-order valence-corrected chi connectivity index (χ2v) is 9.09. The number of anilines is 2. The fourth-order valence-electron chi connectivity index (χ4n) is 5.71. The van der Waals surface area contributed by atoms with Gasteiger partial charge in [-0.15, -0.1) is 0 Å². The van der Waals surface area contributed by atoms with Crippen molar-refractivity contribution < 1.29 is 0 Å². The van der Waals surface area contributed by atoms with E-state index >= 15 is 0 Å². The zero-order valence-electron chi connectivity index (χ0n) is 18.4. The average Bonchev–Trinajstić information content (AvgIpc) is 3.53. The van der Waals surface area contributed by atoms with Crippen LogP contribution in [0.3, 0.4) is 0 Å². The zero-order valence-corrected chi connectivity index (χ0v) is 18.4. The molecule has 6 rings (SSSR count). The molecule has 0 spiro atoms. The molecule has 1 saturated carbocycles. The van der Waals surface area contributed by atoms with Crippen LogP contribution in [-0.2, 0) is 12.8 Å². The third kappa shape index (κ3) is 3.13. The number of benzene rings is 1. The lowest BCUT2D eigenvalue weighted by Gasteiger charge is -2.17. The number of allylic oxidation sites excluding steroid dienone is 1. The molecule has 0 radical (unpaired) electrons. The van der Waals surface area contributed by atoms with E-state index in [0.29, 0.717) is 17.8 Å². The molecule has 1 fully saturated rings. The van der Waals surface area contributed by atoms with E-state index < -0.39 is 0 Å². The molecule has 6 nitrogen and oxygen atoms in total. The second-order valence-electron chi connectivity index (χ2n) is 9.09. The van der Waals surface area contributed by atoms with Crippen LogP contribution >= 0.6 is 0 Å². The van der Waals surface area contributed by atoms with Crippen molar-refractivity contribution >= 4 is 39.6 Å². The van der Waals surface area contributed by atoms with Gasteiger partial charge in [0, 0.05) is 24.2 Å². The van der Waals surface area contributed by atoms with Crippen molar-refractivity contribution in [3.8, 4) is 0 Å². The Morgan fingerprint density at radius 2 is 2.03 bits per heavy atom. The molecule has 3 N–H and O–H groups in total. The maximum absolute atomic E-state index is 5.86. The molecule has 0 aliphatic heterocycles. The molecule has 32 heavy (non-hydrogen) atoms. The average molecular weight is 425 g/mol. The van der Waals surface area contributed by atoms with Crippen LogP contribution in [0, 0.1) is 5.92 Å². The lowest BCUT2D eigenvalue weighted by Crippen LogP contribution is -2.09. The van der Waals surface area contributed by atoms with Crippen molar-refractivity contribution in [1.29, 1.82) is 0 Å². The van der Waals surface area contributed by atoms with Crippen LogP contribution in [0.4, 0.5) is 11.6 Å². The summed E-state index contributed by atoms with van der Waals surface area (Å²) in [6.45, 7) is 0. The SMILES string of the molecule is CNc1ncnc2c1c1c(n2C2CCC(/C=C/c3ccc4ccc(N)nc4c3)C2)CCC1. The van der Waals surface area contributed by atoms with Gasteiger partial charge >= 0.3 is 0 Å². The highest BCUT2D eigenvalue weighted by molar-refractivity contribution is 5.92. The van der Waals surface area contributed by atoms with Gasteiger partial charge in [-0.3, -0.25) is 0 Å². The quantitative estimate of drug-likeness (QED) is 0.474. The third-order valence-corrected chi connectivity index (χ3v) is 7.18. The van der Waals surface area contributed by atoms with E-state index in [9.17, 15) is 0 Å². The van der Waals surface area contributed by atoms with E-state index in [4.69, 9.17) is 10.7 Å². The van der Waals surface area contributed by atoms with Crippen molar-refractivity contribution in [2.24, 2.45) is 5.92 Å². The molecule has 3 heterocycles. The molecular weight excluding hydrogens is 396 g/mol. The summed E-state index contributed by atoms with van der Waals surface area (Å²) in [6, 6.07) is 10.8. The Morgan fingerprint density at radius 1 is 1.12 bits per heavy atom. The normalized spacial score (nSPS) is 20.5. The van der Waals surface area contributed by atoms with Gasteiger partial charge in [0.2, 0.25) is 0 Å². The van der Waals surface area contributed by atoms with E-state index in [1.165, 1.54) is 41.5 Å². The van der Waals surface area contributed by atoms with E-state index in [0.717, 1.165) is 41.6 Å². The third-order valence-electron chi connectivity index (χ3n) is 7.18. The Labute approximate surface area is 187 Å². The van der Waals surface area contributed by atoms with Crippen LogP contribution in [0.5, 0.6) is 0 Å². The van der Waals surface area contributed by atoms with Gasteiger partial charge in [-0.1, -0.05) is 24.3 Å². The number of aromatic nitrogens is 4. The Hall–Kier alpha value is -3.41. The first-order chi connectivity index (χ1) is 15.7. The predicted octanol–water partition coefficient (Wildman–Crippen LogP) is 5.15. The molecule has 0 amide bonds.